The van der Waals surface area contributed by atoms with Crippen LogP contribution in [0.4, 0.5) is 0 Å². The normalized spacial score (nSPS) is 21.6. The molecule has 0 radical (unpaired) electrons. The zero-order valence-electron chi connectivity index (χ0n) is 10.9. The minimum absolute atomic E-state index is 0.133. The van der Waals surface area contributed by atoms with Crippen LogP contribution in [0.3, 0.4) is 0 Å². The SMILES string of the molecule is CC(C)n1ncnc1CNC(=O)[C@H]1CC1(C)C. The molecule has 17 heavy (non-hydrogen) atoms. The molecule has 1 aliphatic rings. The Hall–Kier alpha value is -1.39. The number of carbonyl (C=O) groups excluding carboxylic acids is 1. The predicted molar refractivity (Wildman–Crippen MR) is 64.1 cm³/mol. The van der Waals surface area contributed by atoms with Gasteiger partial charge in [0.2, 0.25) is 5.91 Å². The molecule has 94 valence electrons. The molecule has 0 unspecified atom stereocenters. The van der Waals surface area contributed by atoms with Gasteiger partial charge >= 0.3 is 0 Å². The molecule has 5 nitrogen and oxygen atoms in total. The zero-order chi connectivity index (χ0) is 12.6. The molecule has 0 aliphatic heterocycles. The topological polar surface area (TPSA) is 59.8 Å². The second-order valence-corrected chi connectivity index (χ2v) is 5.68. The summed E-state index contributed by atoms with van der Waals surface area (Å²) in [5.74, 6) is 1.11. The van der Waals surface area contributed by atoms with Crippen LogP contribution in [-0.4, -0.2) is 20.7 Å². The monoisotopic (exact) mass is 236 g/mol. The fourth-order valence-electron chi connectivity index (χ4n) is 2.04. The highest BCUT2D eigenvalue weighted by Gasteiger charge is 2.50. The van der Waals surface area contributed by atoms with Gasteiger partial charge in [-0.15, -0.1) is 0 Å². The van der Waals surface area contributed by atoms with Crippen molar-refractivity contribution in [3.8, 4) is 0 Å². The maximum Gasteiger partial charge on any atom is 0.224 e. The highest BCUT2D eigenvalue weighted by molar-refractivity contribution is 5.82. The highest BCUT2D eigenvalue weighted by atomic mass is 16.2. The third-order valence-electron chi connectivity index (χ3n) is 3.39. The molecule has 1 N–H and O–H groups in total. The van der Waals surface area contributed by atoms with Crippen molar-refractivity contribution in [2.75, 3.05) is 0 Å². The van der Waals surface area contributed by atoms with E-state index >= 15 is 0 Å². The first-order chi connectivity index (χ1) is 7.92. The molecular formula is C12H20N4O. The van der Waals surface area contributed by atoms with Gasteiger partial charge in [0.25, 0.3) is 0 Å². The summed E-state index contributed by atoms with van der Waals surface area (Å²) in [7, 11) is 0. The van der Waals surface area contributed by atoms with E-state index in [9.17, 15) is 4.79 Å². The molecular weight excluding hydrogens is 216 g/mol. The molecule has 1 saturated carbocycles. The van der Waals surface area contributed by atoms with Gasteiger partial charge in [0, 0.05) is 12.0 Å². The van der Waals surface area contributed by atoms with Crippen molar-refractivity contribution in [1.82, 2.24) is 20.1 Å². The third-order valence-corrected chi connectivity index (χ3v) is 3.39. The Morgan fingerprint density at radius 2 is 2.29 bits per heavy atom. The van der Waals surface area contributed by atoms with E-state index in [4.69, 9.17) is 0 Å². The van der Waals surface area contributed by atoms with E-state index in [2.05, 4.69) is 29.2 Å². The number of hydrogen-bond acceptors (Lipinski definition) is 3. The number of carbonyl (C=O) groups is 1. The Kier molecular flexibility index (Phi) is 2.93. The van der Waals surface area contributed by atoms with Crippen LogP contribution < -0.4 is 5.32 Å². The number of rotatable bonds is 4. The lowest BCUT2D eigenvalue weighted by Crippen LogP contribution is -2.28. The zero-order valence-corrected chi connectivity index (χ0v) is 10.9. The van der Waals surface area contributed by atoms with Crippen LogP contribution in [0.25, 0.3) is 0 Å². The lowest BCUT2D eigenvalue weighted by atomic mass is 10.1. The van der Waals surface area contributed by atoms with Crippen LogP contribution in [0.15, 0.2) is 6.33 Å². The number of nitrogens with one attached hydrogen (secondary N) is 1. The summed E-state index contributed by atoms with van der Waals surface area (Å²) in [5.41, 5.74) is 0.176. The van der Waals surface area contributed by atoms with Crippen molar-refractivity contribution < 1.29 is 4.79 Å². The molecule has 1 aromatic heterocycles. The summed E-state index contributed by atoms with van der Waals surface area (Å²) >= 11 is 0. The number of nitrogens with zero attached hydrogens (tertiary/aromatic N) is 3. The Morgan fingerprint density at radius 1 is 1.65 bits per heavy atom. The van der Waals surface area contributed by atoms with Crippen molar-refractivity contribution in [1.29, 1.82) is 0 Å². The second kappa shape index (κ2) is 4.13. The van der Waals surface area contributed by atoms with Crippen molar-refractivity contribution in [3.63, 3.8) is 0 Å². The third kappa shape index (κ3) is 2.48. The first-order valence-electron chi connectivity index (χ1n) is 6.08. The molecule has 0 spiro atoms. The van der Waals surface area contributed by atoms with Gasteiger partial charge in [-0.3, -0.25) is 4.79 Å². The first kappa shape index (κ1) is 12.1. The average Bonchev–Trinajstić information content (AvgIpc) is 2.71. The van der Waals surface area contributed by atoms with Crippen molar-refractivity contribution in [3.05, 3.63) is 12.2 Å². The van der Waals surface area contributed by atoms with Gasteiger partial charge in [0.05, 0.1) is 6.54 Å². The lowest BCUT2D eigenvalue weighted by Gasteiger charge is -2.10. The van der Waals surface area contributed by atoms with Crippen LogP contribution in [0.1, 0.15) is 46.0 Å². The van der Waals surface area contributed by atoms with E-state index in [1.807, 2.05) is 18.5 Å². The molecule has 5 heteroatoms. The van der Waals surface area contributed by atoms with Gasteiger partial charge < -0.3 is 5.32 Å². The standard InChI is InChI=1S/C12H20N4O/c1-8(2)16-10(14-7-15-16)6-13-11(17)9-5-12(9,3)4/h7-9H,5-6H2,1-4H3,(H,13,17)/t9-/m1/s1. The Balaban J connectivity index is 1.90. The summed E-state index contributed by atoms with van der Waals surface area (Å²) in [6.45, 7) is 8.79. The number of hydrogen-bond donors (Lipinski definition) is 1. The molecule has 1 heterocycles. The van der Waals surface area contributed by atoms with Crippen molar-refractivity contribution in [2.24, 2.45) is 11.3 Å². The summed E-state index contributed by atoms with van der Waals surface area (Å²) in [4.78, 5) is 16.0. The molecule has 2 rings (SSSR count). The van der Waals surface area contributed by atoms with Gasteiger partial charge in [0.1, 0.15) is 12.2 Å². The predicted octanol–water partition coefficient (Wildman–Crippen LogP) is 1.52. The molecule has 1 fully saturated rings. The summed E-state index contributed by atoms with van der Waals surface area (Å²) in [5, 5.41) is 7.07. The number of amides is 1. The Labute approximate surface area is 102 Å². The average molecular weight is 236 g/mol. The molecule has 1 aromatic rings. The Bertz CT molecular complexity index is 422. The van der Waals surface area contributed by atoms with Crippen molar-refractivity contribution in [2.45, 2.75) is 46.7 Å². The van der Waals surface area contributed by atoms with E-state index in [1.54, 1.807) is 0 Å². The molecule has 0 saturated heterocycles. The maximum absolute atomic E-state index is 11.8. The summed E-state index contributed by atoms with van der Waals surface area (Å²) < 4.78 is 1.83. The van der Waals surface area contributed by atoms with Gasteiger partial charge in [-0.05, 0) is 25.7 Å². The van der Waals surface area contributed by atoms with Crippen molar-refractivity contribution >= 4 is 5.91 Å². The van der Waals surface area contributed by atoms with Crippen LogP contribution in [-0.2, 0) is 11.3 Å². The summed E-state index contributed by atoms with van der Waals surface area (Å²) in [6.07, 6.45) is 2.51. The highest BCUT2D eigenvalue weighted by Crippen LogP contribution is 2.51. The van der Waals surface area contributed by atoms with Crippen LogP contribution in [0, 0.1) is 11.3 Å². The molecule has 0 bridgehead atoms. The molecule has 0 aromatic carbocycles. The van der Waals surface area contributed by atoms with Gasteiger partial charge in [-0.25, -0.2) is 9.67 Å². The largest absolute Gasteiger partial charge is 0.349 e. The smallest absolute Gasteiger partial charge is 0.224 e. The van der Waals surface area contributed by atoms with E-state index < -0.39 is 0 Å². The van der Waals surface area contributed by atoms with Crippen LogP contribution in [0.2, 0.25) is 0 Å². The van der Waals surface area contributed by atoms with Crippen LogP contribution >= 0.6 is 0 Å². The number of aromatic nitrogens is 3. The second-order valence-electron chi connectivity index (χ2n) is 5.68. The van der Waals surface area contributed by atoms with Gasteiger partial charge in [-0.2, -0.15) is 5.10 Å². The fraction of sp³-hybridized carbons (Fsp3) is 0.750. The lowest BCUT2D eigenvalue weighted by molar-refractivity contribution is -0.123. The van der Waals surface area contributed by atoms with Gasteiger partial charge in [-0.1, -0.05) is 13.8 Å². The first-order valence-corrected chi connectivity index (χ1v) is 6.08. The minimum atomic E-state index is 0.133. The van der Waals surface area contributed by atoms with Gasteiger partial charge in [0.15, 0.2) is 0 Å². The molecule has 1 atom stereocenters. The fourth-order valence-corrected chi connectivity index (χ4v) is 2.04. The Morgan fingerprint density at radius 3 is 2.82 bits per heavy atom. The van der Waals surface area contributed by atoms with E-state index in [1.165, 1.54) is 6.33 Å². The van der Waals surface area contributed by atoms with E-state index in [0.29, 0.717) is 6.54 Å². The summed E-state index contributed by atoms with van der Waals surface area (Å²) in [6, 6.07) is 0.266. The molecule has 1 amide bonds. The van der Waals surface area contributed by atoms with Crippen LogP contribution in [0.5, 0.6) is 0 Å². The molecule has 1 aliphatic carbocycles. The van der Waals surface area contributed by atoms with E-state index in [0.717, 1.165) is 12.2 Å². The minimum Gasteiger partial charge on any atom is -0.349 e. The van der Waals surface area contributed by atoms with E-state index in [-0.39, 0.29) is 23.3 Å². The quantitative estimate of drug-likeness (QED) is 0.862. The maximum atomic E-state index is 11.8.